The molecule has 0 atom stereocenters. The molecule has 2 N–H and O–H groups in total. The van der Waals surface area contributed by atoms with Crippen LogP contribution in [-0.4, -0.2) is 54.6 Å². The van der Waals surface area contributed by atoms with E-state index in [9.17, 15) is 14.4 Å². The highest BCUT2D eigenvalue weighted by molar-refractivity contribution is 5.78. The van der Waals surface area contributed by atoms with Gasteiger partial charge in [0, 0.05) is 32.6 Å². The molecule has 0 radical (unpaired) electrons. The fourth-order valence-corrected chi connectivity index (χ4v) is 3.34. The van der Waals surface area contributed by atoms with Crippen LogP contribution >= 0.6 is 0 Å². The number of hydrogen-bond acceptors (Lipinski definition) is 4. The normalized spacial score (nSPS) is 14.9. The molecule has 0 aromatic heterocycles. The number of aryl methyl sites for hydroxylation is 1. The van der Waals surface area contributed by atoms with Crippen molar-refractivity contribution in [1.82, 2.24) is 15.5 Å². The number of likely N-dealkylation sites (tertiary alicyclic amines) is 1. The molecule has 1 aliphatic heterocycles. The third-order valence-corrected chi connectivity index (χ3v) is 5.05. The lowest BCUT2D eigenvalue weighted by molar-refractivity contribution is -0.132. The molecule has 7 heteroatoms. The van der Waals surface area contributed by atoms with Gasteiger partial charge in [-0.1, -0.05) is 29.8 Å². The summed E-state index contributed by atoms with van der Waals surface area (Å²) in [6, 6.07) is 7.99. The summed E-state index contributed by atoms with van der Waals surface area (Å²) in [4.78, 5) is 37.9. The molecule has 0 spiro atoms. The molecule has 0 saturated carbocycles. The van der Waals surface area contributed by atoms with Gasteiger partial charge in [0.15, 0.2) is 0 Å². The summed E-state index contributed by atoms with van der Waals surface area (Å²) < 4.78 is 5.16. The van der Waals surface area contributed by atoms with Crippen molar-refractivity contribution in [3.63, 3.8) is 0 Å². The maximum absolute atomic E-state index is 12.3. The Labute approximate surface area is 179 Å². The first-order chi connectivity index (χ1) is 14.1. The molecule has 1 aromatic rings. The number of piperidine rings is 1. The topological polar surface area (TPSA) is 87.7 Å². The summed E-state index contributed by atoms with van der Waals surface area (Å²) in [5.41, 5.74) is 1.64. The van der Waals surface area contributed by atoms with E-state index in [0.29, 0.717) is 32.0 Å². The number of ether oxygens (including phenoxy) is 1. The van der Waals surface area contributed by atoms with Crippen molar-refractivity contribution in [2.24, 2.45) is 5.92 Å². The first kappa shape index (κ1) is 23.7. The molecule has 1 aliphatic rings. The van der Waals surface area contributed by atoms with Gasteiger partial charge in [0.25, 0.3) is 0 Å². The molecule has 7 nitrogen and oxygen atoms in total. The van der Waals surface area contributed by atoms with Crippen molar-refractivity contribution in [2.75, 3.05) is 26.2 Å². The van der Waals surface area contributed by atoms with Gasteiger partial charge >= 0.3 is 6.09 Å². The van der Waals surface area contributed by atoms with Gasteiger partial charge in [-0.15, -0.1) is 0 Å². The van der Waals surface area contributed by atoms with E-state index >= 15 is 0 Å². The van der Waals surface area contributed by atoms with E-state index in [0.717, 1.165) is 18.4 Å². The molecule has 2 rings (SSSR count). The monoisotopic (exact) mass is 417 g/mol. The van der Waals surface area contributed by atoms with Crippen LogP contribution in [0.4, 0.5) is 4.79 Å². The summed E-state index contributed by atoms with van der Waals surface area (Å²) in [6.45, 7) is 9.70. The zero-order chi connectivity index (χ0) is 22.1. The predicted molar refractivity (Wildman–Crippen MR) is 116 cm³/mol. The van der Waals surface area contributed by atoms with Crippen LogP contribution in [0.5, 0.6) is 0 Å². The number of hydrogen-bond donors (Lipinski definition) is 2. The van der Waals surface area contributed by atoms with Crippen LogP contribution in [0.25, 0.3) is 0 Å². The van der Waals surface area contributed by atoms with E-state index in [1.165, 1.54) is 5.56 Å². The molecule has 166 valence electrons. The number of alkyl carbamates (subject to hydrolysis) is 1. The van der Waals surface area contributed by atoms with E-state index in [2.05, 4.69) is 10.6 Å². The summed E-state index contributed by atoms with van der Waals surface area (Å²) in [5, 5.41) is 5.64. The van der Waals surface area contributed by atoms with Crippen molar-refractivity contribution < 1.29 is 19.1 Å². The molecule has 30 heavy (non-hydrogen) atoms. The lowest BCUT2D eigenvalue weighted by Crippen LogP contribution is -2.43. The van der Waals surface area contributed by atoms with Gasteiger partial charge in [-0.05, 0) is 52.0 Å². The lowest BCUT2D eigenvalue weighted by atomic mass is 9.96. The minimum absolute atomic E-state index is 0.0329. The molecule has 1 aromatic carbocycles. The van der Waals surface area contributed by atoms with Crippen LogP contribution in [0.3, 0.4) is 0 Å². The average Bonchev–Trinajstić information content (AvgIpc) is 2.67. The Morgan fingerprint density at radius 2 is 1.70 bits per heavy atom. The lowest BCUT2D eigenvalue weighted by Gasteiger charge is -2.32. The van der Waals surface area contributed by atoms with Crippen LogP contribution in [-0.2, 0) is 20.7 Å². The van der Waals surface area contributed by atoms with Crippen LogP contribution in [0.2, 0.25) is 0 Å². The van der Waals surface area contributed by atoms with E-state index in [1.54, 1.807) is 20.8 Å². The molecule has 1 saturated heterocycles. The minimum atomic E-state index is -0.550. The van der Waals surface area contributed by atoms with Crippen molar-refractivity contribution in [3.05, 3.63) is 35.4 Å². The highest BCUT2D eigenvalue weighted by Crippen LogP contribution is 2.17. The maximum Gasteiger partial charge on any atom is 0.407 e. The van der Waals surface area contributed by atoms with Crippen molar-refractivity contribution in [3.8, 4) is 0 Å². The third kappa shape index (κ3) is 8.84. The number of carbonyl (C=O) groups excluding carboxylic acids is 3. The molecule has 1 fully saturated rings. The average molecular weight is 418 g/mol. The number of amides is 3. The molecular formula is C23H35N3O4. The van der Waals surface area contributed by atoms with Crippen molar-refractivity contribution in [1.29, 1.82) is 0 Å². The van der Waals surface area contributed by atoms with Gasteiger partial charge in [-0.2, -0.15) is 0 Å². The van der Waals surface area contributed by atoms with Gasteiger partial charge in [0.2, 0.25) is 11.8 Å². The Hall–Kier alpha value is -2.57. The molecular weight excluding hydrogens is 382 g/mol. The zero-order valence-corrected chi connectivity index (χ0v) is 18.6. The number of nitrogens with zero attached hydrogens (tertiary/aromatic N) is 1. The Kier molecular flexibility index (Phi) is 8.69. The van der Waals surface area contributed by atoms with Crippen LogP contribution in [0, 0.1) is 12.8 Å². The first-order valence-electron chi connectivity index (χ1n) is 10.7. The quantitative estimate of drug-likeness (QED) is 0.714. The van der Waals surface area contributed by atoms with E-state index in [4.69, 9.17) is 4.74 Å². The van der Waals surface area contributed by atoms with E-state index in [-0.39, 0.29) is 24.8 Å². The second-order valence-electron chi connectivity index (χ2n) is 8.97. The smallest absolute Gasteiger partial charge is 0.407 e. The van der Waals surface area contributed by atoms with E-state index < -0.39 is 11.7 Å². The standard InChI is InChI=1S/C23H35N3O4/c1-17-5-7-18(8-6-17)15-20(27)25-16-19-10-13-26(14-11-19)21(28)9-12-24-22(29)30-23(2,3)4/h5-8,19H,9-16H2,1-4H3,(H,24,29)(H,25,27). The third-order valence-electron chi connectivity index (χ3n) is 5.05. The maximum atomic E-state index is 12.3. The van der Waals surface area contributed by atoms with Gasteiger partial charge in [-0.3, -0.25) is 9.59 Å². The van der Waals surface area contributed by atoms with Gasteiger partial charge in [-0.25, -0.2) is 4.79 Å². The van der Waals surface area contributed by atoms with Crippen LogP contribution in [0.1, 0.15) is 51.2 Å². The number of nitrogens with one attached hydrogen (secondary N) is 2. The molecule has 0 aliphatic carbocycles. The first-order valence-corrected chi connectivity index (χ1v) is 10.7. The largest absolute Gasteiger partial charge is 0.444 e. The number of rotatable bonds is 7. The molecule has 0 unspecified atom stereocenters. The van der Waals surface area contributed by atoms with Gasteiger partial charge < -0.3 is 20.3 Å². The summed E-state index contributed by atoms with van der Waals surface area (Å²) in [6.07, 6.45) is 1.89. The van der Waals surface area contributed by atoms with E-state index in [1.807, 2.05) is 36.1 Å². The zero-order valence-electron chi connectivity index (χ0n) is 18.6. The fourth-order valence-electron chi connectivity index (χ4n) is 3.34. The fraction of sp³-hybridized carbons (Fsp3) is 0.609. The summed E-state index contributed by atoms with van der Waals surface area (Å²) in [7, 11) is 0. The van der Waals surface area contributed by atoms with Crippen molar-refractivity contribution in [2.45, 2.75) is 59.0 Å². The Morgan fingerprint density at radius 1 is 1.07 bits per heavy atom. The van der Waals surface area contributed by atoms with Crippen LogP contribution < -0.4 is 10.6 Å². The Bertz CT molecular complexity index is 717. The summed E-state index contributed by atoms with van der Waals surface area (Å²) >= 11 is 0. The Morgan fingerprint density at radius 3 is 2.30 bits per heavy atom. The minimum Gasteiger partial charge on any atom is -0.444 e. The highest BCUT2D eigenvalue weighted by atomic mass is 16.6. The molecule has 3 amide bonds. The Balaban J connectivity index is 1.61. The SMILES string of the molecule is Cc1ccc(CC(=O)NCC2CCN(C(=O)CCNC(=O)OC(C)(C)C)CC2)cc1. The van der Waals surface area contributed by atoms with Crippen molar-refractivity contribution >= 4 is 17.9 Å². The second kappa shape index (κ2) is 11.0. The number of carbonyl (C=O) groups is 3. The molecule has 0 bridgehead atoms. The number of benzene rings is 1. The van der Waals surface area contributed by atoms with Crippen LogP contribution in [0.15, 0.2) is 24.3 Å². The second-order valence-corrected chi connectivity index (χ2v) is 8.97. The molecule has 1 heterocycles. The summed E-state index contributed by atoms with van der Waals surface area (Å²) in [5.74, 6) is 0.453. The predicted octanol–water partition coefficient (Wildman–Crippen LogP) is 2.81. The van der Waals surface area contributed by atoms with Gasteiger partial charge in [0.1, 0.15) is 5.60 Å². The van der Waals surface area contributed by atoms with Gasteiger partial charge in [0.05, 0.1) is 6.42 Å². The highest BCUT2D eigenvalue weighted by Gasteiger charge is 2.23.